The molecule has 0 radical (unpaired) electrons. The second kappa shape index (κ2) is 11.3. The Kier molecular flexibility index (Phi) is 7.32. The fourth-order valence-corrected chi connectivity index (χ4v) is 5.75. The number of hydrogen-bond donors (Lipinski definition) is 0. The minimum atomic E-state index is -0.109. The molecule has 6 rings (SSSR count). The van der Waals surface area contributed by atoms with E-state index < -0.39 is 0 Å². The Bertz CT molecular complexity index is 1710. The Labute approximate surface area is 234 Å². The molecule has 3 aromatic carbocycles. The summed E-state index contributed by atoms with van der Waals surface area (Å²) in [6.45, 7) is 4.70. The zero-order chi connectivity index (χ0) is 27.5. The summed E-state index contributed by atoms with van der Waals surface area (Å²) in [4.78, 5) is 18.5. The van der Waals surface area contributed by atoms with Gasteiger partial charge in [0.1, 0.15) is 18.2 Å². The average Bonchev–Trinajstić information content (AvgIpc) is 3.29. The van der Waals surface area contributed by atoms with Gasteiger partial charge in [-0.15, -0.1) is 0 Å². The lowest BCUT2D eigenvalue weighted by Crippen LogP contribution is -2.25. The van der Waals surface area contributed by atoms with Crippen molar-refractivity contribution in [1.82, 2.24) is 14.2 Å². The molecule has 1 saturated carbocycles. The number of aryl methyl sites for hydroxylation is 1. The van der Waals surface area contributed by atoms with Crippen LogP contribution in [0.25, 0.3) is 16.6 Å². The molecular formula is C34H34N4O2. The molecule has 2 aromatic heterocycles. The smallest absolute Gasteiger partial charge is 0.282 e. The molecule has 1 aliphatic carbocycles. The molecule has 0 aliphatic heterocycles. The van der Waals surface area contributed by atoms with E-state index in [1.807, 2.05) is 54.6 Å². The van der Waals surface area contributed by atoms with E-state index in [4.69, 9.17) is 14.8 Å². The van der Waals surface area contributed by atoms with E-state index in [-0.39, 0.29) is 11.5 Å². The molecule has 6 nitrogen and oxygen atoms in total. The van der Waals surface area contributed by atoms with Gasteiger partial charge in [-0.3, -0.25) is 4.79 Å². The number of para-hydroxylation sites is 1. The summed E-state index contributed by atoms with van der Waals surface area (Å²) in [5.74, 6) is 1.85. The van der Waals surface area contributed by atoms with Crippen LogP contribution in [0.1, 0.15) is 66.4 Å². The van der Waals surface area contributed by atoms with Crippen LogP contribution < -0.4 is 10.3 Å². The second-order valence-electron chi connectivity index (χ2n) is 10.6. The zero-order valence-electron chi connectivity index (χ0n) is 23.1. The number of benzene rings is 3. The van der Waals surface area contributed by atoms with Crippen LogP contribution >= 0.6 is 0 Å². The largest absolute Gasteiger partial charge is 0.489 e. The highest BCUT2D eigenvalue weighted by molar-refractivity contribution is 5.82. The SMILES string of the molecule is Cc1cc(C=Nn2c(C3CCCCC3)nc3ccccc3c2=O)c(C)n1-c1ccc(OCc2ccccc2)cc1. The van der Waals surface area contributed by atoms with Crippen molar-refractivity contribution in [2.75, 3.05) is 0 Å². The van der Waals surface area contributed by atoms with E-state index in [2.05, 4.69) is 48.7 Å². The molecule has 0 saturated heterocycles. The minimum absolute atomic E-state index is 0.109. The van der Waals surface area contributed by atoms with E-state index in [1.54, 1.807) is 10.9 Å². The van der Waals surface area contributed by atoms with Crippen molar-refractivity contribution < 1.29 is 4.74 Å². The third-order valence-electron chi connectivity index (χ3n) is 7.87. The molecule has 1 fully saturated rings. The first-order chi connectivity index (χ1) is 19.6. The van der Waals surface area contributed by atoms with Crippen LogP contribution in [0.4, 0.5) is 0 Å². The molecule has 0 atom stereocenters. The molecule has 202 valence electrons. The van der Waals surface area contributed by atoms with Crippen LogP contribution in [0, 0.1) is 13.8 Å². The van der Waals surface area contributed by atoms with Gasteiger partial charge in [0, 0.05) is 28.6 Å². The third kappa shape index (κ3) is 5.22. The van der Waals surface area contributed by atoms with Crippen molar-refractivity contribution in [3.05, 3.63) is 124 Å². The van der Waals surface area contributed by atoms with E-state index in [0.29, 0.717) is 12.0 Å². The third-order valence-corrected chi connectivity index (χ3v) is 7.87. The van der Waals surface area contributed by atoms with Crippen LogP contribution in [0.15, 0.2) is 94.8 Å². The number of rotatable bonds is 7. The highest BCUT2D eigenvalue weighted by atomic mass is 16.5. The molecule has 0 unspecified atom stereocenters. The van der Waals surface area contributed by atoms with E-state index >= 15 is 0 Å². The number of aromatic nitrogens is 3. The minimum Gasteiger partial charge on any atom is -0.489 e. The molecule has 40 heavy (non-hydrogen) atoms. The van der Waals surface area contributed by atoms with Crippen molar-refractivity contribution in [2.24, 2.45) is 5.10 Å². The monoisotopic (exact) mass is 530 g/mol. The van der Waals surface area contributed by atoms with Gasteiger partial charge in [-0.1, -0.05) is 61.7 Å². The van der Waals surface area contributed by atoms with Crippen molar-refractivity contribution >= 4 is 17.1 Å². The second-order valence-corrected chi connectivity index (χ2v) is 10.6. The first kappa shape index (κ1) is 25.8. The van der Waals surface area contributed by atoms with Gasteiger partial charge in [0.2, 0.25) is 0 Å². The summed E-state index contributed by atoms with van der Waals surface area (Å²) in [6.07, 6.45) is 7.45. The van der Waals surface area contributed by atoms with Crippen molar-refractivity contribution in [2.45, 2.75) is 58.5 Å². The summed E-state index contributed by atoms with van der Waals surface area (Å²) >= 11 is 0. The summed E-state index contributed by atoms with van der Waals surface area (Å²) in [6, 6.07) is 28.0. The molecular weight excluding hydrogens is 496 g/mol. The lowest BCUT2D eigenvalue weighted by molar-refractivity contribution is 0.306. The summed E-state index contributed by atoms with van der Waals surface area (Å²) in [5.41, 5.74) is 5.94. The van der Waals surface area contributed by atoms with Crippen LogP contribution in [0.5, 0.6) is 5.75 Å². The van der Waals surface area contributed by atoms with Gasteiger partial charge in [-0.2, -0.15) is 9.78 Å². The predicted octanol–water partition coefficient (Wildman–Crippen LogP) is 7.31. The normalized spacial score (nSPS) is 14.2. The van der Waals surface area contributed by atoms with Crippen LogP contribution in [-0.2, 0) is 6.61 Å². The number of fused-ring (bicyclic) bond motifs is 1. The van der Waals surface area contributed by atoms with Crippen LogP contribution in [0.3, 0.4) is 0 Å². The lowest BCUT2D eigenvalue weighted by Gasteiger charge is -2.22. The number of nitrogens with zero attached hydrogens (tertiary/aromatic N) is 4. The van der Waals surface area contributed by atoms with E-state index in [0.717, 1.165) is 71.0 Å². The van der Waals surface area contributed by atoms with Gasteiger partial charge in [0.05, 0.1) is 17.1 Å². The first-order valence-corrected chi connectivity index (χ1v) is 14.1. The maximum Gasteiger partial charge on any atom is 0.282 e. The molecule has 0 amide bonds. The van der Waals surface area contributed by atoms with Gasteiger partial charge < -0.3 is 9.30 Å². The van der Waals surface area contributed by atoms with Gasteiger partial charge in [-0.25, -0.2) is 4.98 Å². The van der Waals surface area contributed by atoms with Gasteiger partial charge in [-0.05, 0) is 74.7 Å². The molecule has 2 heterocycles. The van der Waals surface area contributed by atoms with Crippen molar-refractivity contribution in [3.63, 3.8) is 0 Å². The van der Waals surface area contributed by atoms with Gasteiger partial charge >= 0.3 is 0 Å². The molecule has 0 spiro atoms. The molecule has 0 N–H and O–H groups in total. The van der Waals surface area contributed by atoms with Crippen molar-refractivity contribution in [1.29, 1.82) is 0 Å². The molecule has 0 bridgehead atoms. The summed E-state index contributed by atoms with van der Waals surface area (Å²) in [5, 5.41) is 5.36. The summed E-state index contributed by atoms with van der Waals surface area (Å²) in [7, 11) is 0. The Hall–Kier alpha value is -4.45. The highest BCUT2D eigenvalue weighted by Gasteiger charge is 2.22. The average molecular weight is 531 g/mol. The zero-order valence-corrected chi connectivity index (χ0v) is 23.1. The van der Waals surface area contributed by atoms with Gasteiger partial charge in [0.15, 0.2) is 0 Å². The van der Waals surface area contributed by atoms with Crippen LogP contribution in [-0.4, -0.2) is 20.4 Å². The highest BCUT2D eigenvalue weighted by Crippen LogP contribution is 2.32. The number of ether oxygens (including phenoxy) is 1. The Morgan fingerprint density at radius 3 is 2.42 bits per heavy atom. The Morgan fingerprint density at radius 2 is 1.65 bits per heavy atom. The first-order valence-electron chi connectivity index (χ1n) is 14.1. The lowest BCUT2D eigenvalue weighted by atomic mass is 9.88. The maximum atomic E-state index is 13.6. The summed E-state index contributed by atoms with van der Waals surface area (Å²) < 4.78 is 9.72. The fourth-order valence-electron chi connectivity index (χ4n) is 5.75. The van der Waals surface area contributed by atoms with E-state index in [1.165, 1.54) is 6.42 Å². The Morgan fingerprint density at radius 1 is 0.925 bits per heavy atom. The number of hydrogen-bond acceptors (Lipinski definition) is 4. The molecule has 1 aliphatic rings. The Balaban J connectivity index is 1.29. The maximum absolute atomic E-state index is 13.6. The standard InChI is InChI=1S/C34H34N4O2/c1-24-21-28(25(2)37(24)29-17-19-30(20-18-29)40-23-26-11-5-3-6-12-26)22-35-38-33(27-13-7-4-8-14-27)36-32-16-10-9-15-31(32)34(38)39/h3,5-6,9-12,15-22,27H,4,7-8,13-14,23H2,1-2H3. The van der Waals surface area contributed by atoms with E-state index in [9.17, 15) is 4.79 Å². The quantitative estimate of drug-likeness (QED) is 0.207. The predicted molar refractivity (Wildman–Crippen MR) is 161 cm³/mol. The molecule has 5 aromatic rings. The van der Waals surface area contributed by atoms with Crippen LogP contribution in [0.2, 0.25) is 0 Å². The fraction of sp³-hybridized carbons (Fsp3) is 0.265. The topological polar surface area (TPSA) is 61.4 Å². The molecule has 6 heteroatoms. The van der Waals surface area contributed by atoms with Crippen molar-refractivity contribution in [3.8, 4) is 11.4 Å². The van der Waals surface area contributed by atoms with Gasteiger partial charge in [0.25, 0.3) is 5.56 Å².